The Hall–Kier alpha value is -4.03. The van der Waals surface area contributed by atoms with Gasteiger partial charge < -0.3 is 15.0 Å². The van der Waals surface area contributed by atoms with E-state index in [1.54, 1.807) is 12.1 Å². The number of amides is 2. The maximum Gasteiger partial charge on any atom is 0.425 e. The summed E-state index contributed by atoms with van der Waals surface area (Å²) in [6, 6.07) is 19.5. The standard InChI is InChI=1S/C30H25BrClF3N4O4/c1-18(30(33,34)35)43-22-10-8-21(9-11-22)39-26(27(40)36-16-19-5-3-2-4-6-19)25-17-37(13-14-38(25)29(39)42)28(41)20-7-12-23(31)24(32)15-20/h2-12,15,18H,13-14,16-17H2,1H3,(H,36,40)/t18-/m0/s1. The van der Waals surface area contributed by atoms with Crippen LogP contribution in [0.25, 0.3) is 5.69 Å². The molecule has 1 aromatic heterocycles. The first kappa shape index (κ1) is 30.4. The summed E-state index contributed by atoms with van der Waals surface area (Å²) in [6.45, 7) is 1.37. The van der Waals surface area contributed by atoms with E-state index in [4.69, 9.17) is 16.3 Å². The van der Waals surface area contributed by atoms with Crippen LogP contribution < -0.4 is 15.7 Å². The van der Waals surface area contributed by atoms with Gasteiger partial charge in [-0.05, 0) is 70.9 Å². The van der Waals surface area contributed by atoms with Gasteiger partial charge in [0.25, 0.3) is 11.8 Å². The summed E-state index contributed by atoms with van der Waals surface area (Å²) in [6.07, 6.45) is -6.59. The second-order valence-corrected chi connectivity index (χ2v) is 11.1. The number of rotatable bonds is 7. The first-order valence-electron chi connectivity index (χ1n) is 13.2. The number of ether oxygens (including phenoxy) is 1. The normalized spacial score (nSPS) is 13.8. The van der Waals surface area contributed by atoms with Gasteiger partial charge in [-0.15, -0.1) is 0 Å². The first-order valence-corrected chi connectivity index (χ1v) is 14.4. The molecular weight excluding hydrogens is 653 g/mol. The van der Waals surface area contributed by atoms with E-state index in [0.29, 0.717) is 20.8 Å². The number of imidazole rings is 1. The third-order valence-electron chi connectivity index (χ3n) is 7.01. The van der Waals surface area contributed by atoms with Crippen LogP contribution in [0, 0.1) is 0 Å². The number of halogens is 5. The monoisotopic (exact) mass is 676 g/mol. The van der Waals surface area contributed by atoms with Crippen molar-refractivity contribution < 1.29 is 27.5 Å². The summed E-state index contributed by atoms with van der Waals surface area (Å²) in [7, 11) is 0. The highest BCUT2D eigenvalue weighted by Gasteiger charge is 2.38. The summed E-state index contributed by atoms with van der Waals surface area (Å²) < 4.78 is 47.2. The first-order chi connectivity index (χ1) is 20.4. The van der Waals surface area contributed by atoms with E-state index >= 15 is 0 Å². The number of benzene rings is 3. The number of carbonyl (C=O) groups excluding carboxylic acids is 2. The molecule has 0 spiro atoms. The highest BCUT2D eigenvalue weighted by atomic mass is 79.9. The van der Waals surface area contributed by atoms with Gasteiger partial charge >= 0.3 is 11.9 Å². The van der Waals surface area contributed by atoms with Gasteiger partial charge in [0.15, 0.2) is 6.10 Å². The number of hydrogen-bond acceptors (Lipinski definition) is 4. The van der Waals surface area contributed by atoms with Gasteiger partial charge in [0.1, 0.15) is 11.4 Å². The lowest BCUT2D eigenvalue weighted by molar-refractivity contribution is -0.189. The van der Waals surface area contributed by atoms with Crippen LogP contribution in [0.3, 0.4) is 0 Å². The molecule has 0 fully saturated rings. The lowest BCUT2D eigenvalue weighted by Gasteiger charge is -2.28. The Labute approximate surface area is 257 Å². The Morgan fingerprint density at radius 1 is 1.05 bits per heavy atom. The highest BCUT2D eigenvalue weighted by Crippen LogP contribution is 2.28. The van der Waals surface area contributed by atoms with E-state index in [1.807, 2.05) is 30.3 Å². The molecule has 3 aromatic carbocycles. The Morgan fingerprint density at radius 2 is 1.74 bits per heavy atom. The van der Waals surface area contributed by atoms with Crippen LogP contribution in [-0.2, 0) is 19.6 Å². The van der Waals surface area contributed by atoms with Crippen LogP contribution >= 0.6 is 27.5 Å². The second-order valence-electron chi connectivity index (χ2n) is 9.88. The third kappa shape index (κ3) is 6.50. The number of alkyl halides is 3. The van der Waals surface area contributed by atoms with Gasteiger partial charge in [0.2, 0.25) is 0 Å². The molecule has 1 aliphatic heterocycles. The lowest BCUT2D eigenvalue weighted by atomic mass is 10.1. The Kier molecular flexibility index (Phi) is 8.70. The molecule has 5 rings (SSSR count). The average Bonchev–Trinajstić information content (AvgIpc) is 3.28. The van der Waals surface area contributed by atoms with Crippen molar-refractivity contribution in [3.8, 4) is 11.4 Å². The molecule has 2 heterocycles. The van der Waals surface area contributed by atoms with E-state index in [-0.39, 0.29) is 49.2 Å². The maximum absolute atomic E-state index is 13.7. The number of hydrogen-bond donors (Lipinski definition) is 1. The fraction of sp³-hybridized carbons (Fsp3) is 0.233. The Bertz CT molecular complexity index is 1720. The van der Waals surface area contributed by atoms with Crippen molar-refractivity contribution in [3.63, 3.8) is 0 Å². The number of fused-ring (bicyclic) bond motifs is 1. The van der Waals surface area contributed by atoms with Gasteiger partial charge in [-0.2, -0.15) is 13.2 Å². The van der Waals surface area contributed by atoms with Crippen molar-refractivity contribution in [1.29, 1.82) is 0 Å². The molecule has 0 unspecified atom stereocenters. The Morgan fingerprint density at radius 3 is 2.40 bits per heavy atom. The van der Waals surface area contributed by atoms with Crippen LogP contribution in [0.2, 0.25) is 5.02 Å². The summed E-state index contributed by atoms with van der Waals surface area (Å²) in [5.74, 6) is -0.927. The number of carbonyl (C=O) groups is 2. The highest BCUT2D eigenvalue weighted by molar-refractivity contribution is 9.10. The second kappa shape index (κ2) is 12.3. The van der Waals surface area contributed by atoms with E-state index in [1.165, 1.54) is 44.4 Å². The van der Waals surface area contributed by atoms with E-state index in [2.05, 4.69) is 21.2 Å². The molecular formula is C30H25BrClF3N4O4. The molecule has 2 amide bonds. The smallest absolute Gasteiger partial charge is 0.425 e. The largest absolute Gasteiger partial charge is 0.481 e. The molecule has 0 radical (unpaired) electrons. The van der Waals surface area contributed by atoms with E-state index < -0.39 is 23.9 Å². The molecule has 1 aliphatic rings. The van der Waals surface area contributed by atoms with Crippen molar-refractivity contribution in [2.45, 2.75) is 38.8 Å². The van der Waals surface area contributed by atoms with Crippen molar-refractivity contribution >= 4 is 39.3 Å². The fourth-order valence-electron chi connectivity index (χ4n) is 4.72. The molecule has 0 bridgehead atoms. The Balaban J connectivity index is 1.51. The minimum atomic E-state index is -4.55. The molecule has 224 valence electrons. The molecule has 1 N–H and O–H groups in total. The molecule has 0 aliphatic carbocycles. The number of nitrogens with zero attached hydrogens (tertiary/aromatic N) is 3. The predicted molar refractivity (Wildman–Crippen MR) is 158 cm³/mol. The quantitative estimate of drug-likeness (QED) is 0.261. The topological polar surface area (TPSA) is 85.6 Å². The van der Waals surface area contributed by atoms with E-state index in [9.17, 15) is 27.6 Å². The van der Waals surface area contributed by atoms with Crippen LogP contribution in [0.4, 0.5) is 13.2 Å². The third-order valence-corrected chi connectivity index (χ3v) is 8.25. The SMILES string of the molecule is C[C@H](Oc1ccc(-n2c(C(=O)NCc3ccccc3)c3n(c2=O)CCN(C(=O)c2ccc(Br)c(Cl)c2)C3)cc1)C(F)(F)F. The number of aromatic nitrogens is 2. The molecule has 4 aromatic rings. The molecule has 43 heavy (non-hydrogen) atoms. The average molecular weight is 678 g/mol. The summed E-state index contributed by atoms with van der Waals surface area (Å²) in [5.41, 5.74) is 1.26. The minimum Gasteiger partial charge on any atom is -0.481 e. The molecule has 1 atom stereocenters. The molecule has 13 heteroatoms. The van der Waals surface area contributed by atoms with Crippen molar-refractivity contribution in [3.05, 3.63) is 115 Å². The summed E-state index contributed by atoms with van der Waals surface area (Å²) in [5, 5.41) is 3.21. The van der Waals surface area contributed by atoms with Crippen LogP contribution in [0.5, 0.6) is 5.75 Å². The van der Waals surface area contributed by atoms with Crippen LogP contribution in [0.1, 0.15) is 39.0 Å². The maximum atomic E-state index is 13.7. The minimum absolute atomic E-state index is 0.0181. The summed E-state index contributed by atoms with van der Waals surface area (Å²) in [4.78, 5) is 42.3. The fourth-order valence-corrected chi connectivity index (χ4v) is 5.15. The predicted octanol–water partition coefficient (Wildman–Crippen LogP) is 5.97. The van der Waals surface area contributed by atoms with Crippen molar-refractivity contribution in [2.75, 3.05) is 6.54 Å². The zero-order valence-electron chi connectivity index (χ0n) is 22.7. The van der Waals surface area contributed by atoms with Crippen molar-refractivity contribution in [1.82, 2.24) is 19.4 Å². The van der Waals surface area contributed by atoms with E-state index in [0.717, 1.165) is 12.5 Å². The van der Waals surface area contributed by atoms with Gasteiger partial charge in [0.05, 0.1) is 22.9 Å². The van der Waals surface area contributed by atoms with Crippen molar-refractivity contribution in [2.24, 2.45) is 0 Å². The van der Waals surface area contributed by atoms with Crippen LogP contribution in [-0.4, -0.2) is 44.7 Å². The molecule has 0 saturated carbocycles. The zero-order chi connectivity index (χ0) is 30.9. The number of nitrogens with one attached hydrogen (secondary N) is 1. The zero-order valence-corrected chi connectivity index (χ0v) is 25.0. The summed E-state index contributed by atoms with van der Waals surface area (Å²) >= 11 is 9.51. The van der Waals surface area contributed by atoms with Gasteiger partial charge in [-0.25, -0.2) is 4.79 Å². The lowest BCUT2D eigenvalue weighted by Crippen LogP contribution is -2.41. The van der Waals surface area contributed by atoms with Crippen LogP contribution in [0.15, 0.2) is 82.1 Å². The van der Waals surface area contributed by atoms with Gasteiger partial charge in [-0.3, -0.25) is 18.7 Å². The molecule has 8 nitrogen and oxygen atoms in total. The molecule has 0 saturated heterocycles. The van der Waals surface area contributed by atoms with Gasteiger partial charge in [-0.1, -0.05) is 41.9 Å². The van der Waals surface area contributed by atoms with Gasteiger partial charge in [0, 0.05) is 29.7 Å².